The topological polar surface area (TPSA) is 101 Å². The Hall–Kier alpha value is -3.82. The van der Waals surface area contributed by atoms with Gasteiger partial charge in [-0.05, 0) is 73.5 Å². The van der Waals surface area contributed by atoms with Gasteiger partial charge in [0.05, 0.1) is 11.3 Å². The van der Waals surface area contributed by atoms with E-state index in [2.05, 4.69) is 48.3 Å². The van der Waals surface area contributed by atoms with Crippen molar-refractivity contribution in [3.63, 3.8) is 0 Å². The first-order valence-corrected chi connectivity index (χ1v) is 13.8. The van der Waals surface area contributed by atoms with E-state index in [9.17, 15) is 14.4 Å². The molecule has 0 spiro atoms. The lowest BCUT2D eigenvalue weighted by atomic mass is 9.95. The van der Waals surface area contributed by atoms with E-state index in [1.165, 1.54) is 0 Å². The number of ether oxygens (including phenoxy) is 2. The number of hydrogen-bond acceptors (Lipinski definition) is 7. The minimum Gasteiger partial charge on any atom is -0.489 e. The van der Waals surface area contributed by atoms with Crippen LogP contribution in [0.1, 0.15) is 60.3 Å². The number of piperidine rings is 1. The number of carbonyl (C=O) groups excluding carboxylic acids is 3. The second-order valence-corrected chi connectivity index (χ2v) is 11.4. The highest BCUT2D eigenvalue weighted by Crippen LogP contribution is 2.32. The lowest BCUT2D eigenvalue weighted by Gasteiger charge is -2.29. The van der Waals surface area contributed by atoms with Gasteiger partial charge in [-0.15, -0.1) is 0 Å². The molecular weight excluding hydrogens is 508 g/mol. The van der Waals surface area contributed by atoms with Crippen molar-refractivity contribution in [2.24, 2.45) is 0 Å². The number of hydrogen-bond donors (Lipinski definition) is 1. The maximum Gasteiger partial charge on any atom is 0.255 e. The summed E-state index contributed by atoms with van der Waals surface area (Å²) in [6.45, 7) is 6.91. The number of likely N-dealkylation sites (tertiary alicyclic amines) is 1. The number of amides is 3. The molecule has 3 aliphatic rings. The molecule has 2 atom stereocenters. The van der Waals surface area contributed by atoms with Gasteiger partial charge in [-0.2, -0.15) is 0 Å². The number of pyridine rings is 1. The Balaban J connectivity index is 1.07. The van der Waals surface area contributed by atoms with Crippen LogP contribution in [0.4, 0.5) is 0 Å². The lowest BCUT2D eigenvalue weighted by Crippen LogP contribution is -2.52. The summed E-state index contributed by atoms with van der Waals surface area (Å²) in [5.41, 5.74) is 3.23. The Morgan fingerprint density at radius 3 is 2.70 bits per heavy atom. The molecule has 1 N–H and O–H groups in total. The average molecular weight is 543 g/mol. The average Bonchev–Trinajstić information content (AvgIpc) is 3.51. The molecule has 3 amide bonds. The summed E-state index contributed by atoms with van der Waals surface area (Å²) in [5.74, 6) is -0.142. The van der Waals surface area contributed by atoms with Crippen molar-refractivity contribution in [2.75, 3.05) is 20.2 Å². The van der Waals surface area contributed by atoms with Crippen LogP contribution >= 0.6 is 0 Å². The van der Waals surface area contributed by atoms with Crippen molar-refractivity contribution in [3.8, 4) is 5.75 Å². The van der Waals surface area contributed by atoms with E-state index >= 15 is 0 Å². The van der Waals surface area contributed by atoms with E-state index in [0.29, 0.717) is 18.5 Å². The highest BCUT2D eigenvalue weighted by molar-refractivity contribution is 6.05. The molecular formula is C31H34N4O5. The molecule has 2 aromatic carbocycles. The molecule has 2 fully saturated rings. The van der Waals surface area contributed by atoms with Gasteiger partial charge in [0.1, 0.15) is 17.9 Å². The predicted octanol–water partition coefficient (Wildman–Crippen LogP) is 3.53. The number of carbonyl (C=O) groups is 3. The quantitative estimate of drug-likeness (QED) is 0.456. The van der Waals surface area contributed by atoms with E-state index < -0.39 is 11.9 Å². The van der Waals surface area contributed by atoms with Crippen LogP contribution in [0.15, 0.2) is 48.7 Å². The van der Waals surface area contributed by atoms with Crippen LogP contribution in [-0.2, 0) is 33.0 Å². The Kier molecular flexibility index (Phi) is 6.80. The fraction of sp³-hybridized carbons (Fsp3) is 0.419. The van der Waals surface area contributed by atoms with Gasteiger partial charge in [0.15, 0.2) is 0 Å². The number of nitrogens with zero attached hydrogens (tertiary/aromatic N) is 3. The summed E-state index contributed by atoms with van der Waals surface area (Å²) in [4.78, 5) is 45.4. The number of methoxy groups -OCH3 is 1. The van der Waals surface area contributed by atoms with Crippen LogP contribution in [0.2, 0.25) is 0 Å². The number of fused-ring (bicyclic) bond motifs is 2. The Bertz CT molecular complexity index is 1500. The fourth-order valence-electron chi connectivity index (χ4n) is 5.85. The highest BCUT2D eigenvalue weighted by atomic mass is 16.5. The molecule has 0 radical (unpaired) electrons. The number of rotatable bonds is 7. The van der Waals surface area contributed by atoms with Gasteiger partial charge in [-0.3, -0.25) is 29.6 Å². The largest absolute Gasteiger partial charge is 0.489 e. The summed E-state index contributed by atoms with van der Waals surface area (Å²) >= 11 is 0. The number of benzene rings is 2. The summed E-state index contributed by atoms with van der Waals surface area (Å²) in [5, 5.41) is 4.60. The first-order valence-electron chi connectivity index (χ1n) is 13.8. The van der Waals surface area contributed by atoms with Gasteiger partial charge in [-0.25, -0.2) is 0 Å². The SMILES string of the molecule is COC(C)(C)c1ccc2cc(CN3CC[C@H](Oc4ccc5c(c4)CN(C4CCC(=O)NC4=O)C5=O)C3)ncc2c1. The Labute approximate surface area is 233 Å². The molecule has 0 aliphatic carbocycles. The summed E-state index contributed by atoms with van der Waals surface area (Å²) in [6, 6.07) is 13.4. The zero-order valence-corrected chi connectivity index (χ0v) is 23.1. The molecule has 9 nitrogen and oxygen atoms in total. The first-order chi connectivity index (χ1) is 19.2. The van der Waals surface area contributed by atoms with E-state index in [1.807, 2.05) is 18.3 Å². The Morgan fingerprint density at radius 1 is 1.05 bits per heavy atom. The van der Waals surface area contributed by atoms with Crippen LogP contribution < -0.4 is 10.1 Å². The zero-order chi connectivity index (χ0) is 28.0. The van der Waals surface area contributed by atoms with Gasteiger partial charge >= 0.3 is 0 Å². The van der Waals surface area contributed by atoms with Crippen LogP contribution in [0.3, 0.4) is 0 Å². The molecule has 0 saturated carbocycles. The first kappa shape index (κ1) is 26.4. The van der Waals surface area contributed by atoms with Gasteiger partial charge in [0.2, 0.25) is 11.8 Å². The fourth-order valence-corrected chi connectivity index (χ4v) is 5.85. The maximum atomic E-state index is 13.0. The number of imide groups is 1. The summed E-state index contributed by atoms with van der Waals surface area (Å²) in [6.07, 6.45) is 3.48. The van der Waals surface area contributed by atoms with Crippen molar-refractivity contribution in [1.82, 2.24) is 20.1 Å². The third-order valence-corrected chi connectivity index (χ3v) is 8.40. The van der Waals surface area contributed by atoms with Crippen molar-refractivity contribution < 1.29 is 23.9 Å². The minimum atomic E-state index is -0.617. The third-order valence-electron chi connectivity index (χ3n) is 8.40. The smallest absolute Gasteiger partial charge is 0.255 e. The monoisotopic (exact) mass is 542 g/mol. The minimum absolute atomic E-state index is 0.0423. The van der Waals surface area contributed by atoms with Gasteiger partial charge in [-0.1, -0.05) is 12.1 Å². The van der Waals surface area contributed by atoms with Crippen LogP contribution in [0, 0.1) is 0 Å². The zero-order valence-electron chi connectivity index (χ0n) is 23.1. The van der Waals surface area contributed by atoms with Crippen molar-refractivity contribution >= 4 is 28.5 Å². The van der Waals surface area contributed by atoms with Crippen molar-refractivity contribution in [3.05, 3.63) is 71.0 Å². The maximum absolute atomic E-state index is 13.0. The van der Waals surface area contributed by atoms with Crippen LogP contribution in [0.5, 0.6) is 5.75 Å². The van der Waals surface area contributed by atoms with Crippen molar-refractivity contribution in [2.45, 2.75) is 63.9 Å². The third kappa shape index (κ3) is 5.07. The lowest BCUT2D eigenvalue weighted by molar-refractivity contribution is -0.136. The van der Waals surface area contributed by atoms with E-state index in [-0.39, 0.29) is 29.9 Å². The molecule has 1 aromatic heterocycles. The van der Waals surface area contributed by atoms with Crippen LogP contribution in [0.25, 0.3) is 10.8 Å². The van der Waals surface area contributed by atoms with Crippen molar-refractivity contribution in [1.29, 1.82) is 0 Å². The van der Waals surface area contributed by atoms with Gasteiger partial charge in [0, 0.05) is 56.9 Å². The predicted molar refractivity (Wildman–Crippen MR) is 149 cm³/mol. The van der Waals surface area contributed by atoms with E-state index in [4.69, 9.17) is 14.5 Å². The summed E-state index contributed by atoms with van der Waals surface area (Å²) < 4.78 is 11.9. The molecule has 9 heteroatoms. The molecule has 4 heterocycles. The second kappa shape index (κ2) is 10.3. The summed E-state index contributed by atoms with van der Waals surface area (Å²) in [7, 11) is 1.72. The number of nitrogens with one attached hydrogen (secondary N) is 1. The molecule has 40 heavy (non-hydrogen) atoms. The molecule has 3 aromatic rings. The second-order valence-electron chi connectivity index (χ2n) is 11.4. The van der Waals surface area contributed by atoms with Gasteiger partial charge in [0.25, 0.3) is 5.91 Å². The normalized spacial score (nSPS) is 21.7. The molecule has 0 bridgehead atoms. The van der Waals surface area contributed by atoms with E-state index in [1.54, 1.807) is 18.1 Å². The Morgan fingerprint density at radius 2 is 1.90 bits per heavy atom. The molecule has 1 unspecified atom stereocenters. The molecule has 2 saturated heterocycles. The molecule has 6 rings (SSSR count). The van der Waals surface area contributed by atoms with E-state index in [0.717, 1.165) is 59.4 Å². The molecule has 208 valence electrons. The standard InChI is InChI=1S/C31H34N4O5/c1-31(2,39-3)22-5-4-19-13-23(32-15-20(19)12-22)17-34-11-10-25(18-34)40-24-6-7-26-21(14-24)16-35(30(26)38)27-8-9-28(36)33-29(27)37/h4-7,12-15,25,27H,8-11,16-18H2,1-3H3,(H,33,36,37)/t25-,27?/m0/s1. The van der Waals surface area contributed by atoms with Gasteiger partial charge < -0.3 is 14.4 Å². The molecule has 3 aliphatic heterocycles. The number of aromatic nitrogens is 1. The van der Waals surface area contributed by atoms with Crippen LogP contribution in [-0.4, -0.2) is 64.9 Å². The highest BCUT2D eigenvalue weighted by Gasteiger charge is 2.39.